The summed E-state index contributed by atoms with van der Waals surface area (Å²) in [4.78, 5) is 23.0. The smallest absolute Gasteiger partial charge is 0.303 e. The molecule has 1 aliphatic rings. The molecule has 1 saturated carbocycles. The van der Waals surface area contributed by atoms with E-state index in [4.69, 9.17) is 5.11 Å². The van der Waals surface area contributed by atoms with E-state index in [0.29, 0.717) is 12.0 Å². The molecule has 6 heteroatoms. The fourth-order valence-corrected chi connectivity index (χ4v) is 3.17. The fourth-order valence-electron chi connectivity index (χ4n) is 3.17. The number of aromatic nitrogens is 2. The van der Waals surface area contributed by atoms with E-state index in [2.05, 4.69) is 10.4 Å². The Balaban J connectivity index is 1.68. The maximum atomic E-state index is 12.2. The standard InChI is InChI=1S/C20H25N3O3/c1-13-18(9-10-19(24)25)14(2)23(22-13)17-7-5-16(6-8-17)20(26)21-12-11-15-3-4-15/h5-8,15H,3-4,9-12H2,1-2H3,(H,21,26)(H,24,25). The van der Waals surface area contributed by atoms with Crippen LogP contribution in [0, 0.1) is 19.8 Å². The Bertz CT molecular complexity index is 804. The Kier molecular flexibility index (Phi) is 5.40. The maximum Gasteiger partial charge on any atom is 0.303 e. The quantitative estimate of drug-likeness (QED) is 0.762. The van der Waals surface area contributed by atoms with Crippen molar-refractivity contribution in [2.45, 2.75) is 46.0 Å². The Morgan fingerprint density at radius 1 is 1.23 bits per heavy atom. The van der Waals surface area contributed by atoms with E-state index in [9.17, 15) is 9.59 Å². The first-order valence-corrected chi connectivity index (χ1v) is 9.11. The molecule has 0 spiro atoms. The first-order chi connectivity index (χ1) is 12.5. The molecule has 2 aromatic rings. The van der Waals surface area contributed by atoms with Crippen molar-refractivity contribution in [2.75, 3.05) is 6.54 Å². The van der Waals surface area contributed by atoms with Gasteiger partial charge in [-0.15, -0.1) is 0 Å². The number of benzene rings is 1. The van der Waals surface area contributed by atoms with Gasteiger partial charge in [-0.2, -0.15) is 5.10 Å². The van der Waals surface area contributed by atoms with Crippen LogP contribution in [-0.4, -0.2) is 33.3 Å². The lowest BCUT2D eigenvalue weighted by Crippen LogP contribution is -2.24. The molecule has 1 heterocycles. The van der Waals surface area contributed by atoms with Crippen LogP contribution in [0.5, 0.6) is 0 Å². The van der Waals surface area contributed by atoms with Crippen LogP contribution in [0.2, 0.25) is 0 Å². The molecule has 1 fully saturated rings. The Labute approximate surface area is 153 Å². The number of nitrogens with one attached hydrogen (secondary N) is 1. The van der Waals surface area contributed by atoms with Crippen molar-refractivity contribution in [3.63, 3.8) is 0 Å². The zero-order valence-electron chi connectivity index (χ0n) is 15.3. The lowest BCUT2D eigenvalue weighted by atomic mass is 10.1. The van der Waals surface area contributed by atoms with Gasteiger partial charge in [-0.25, -0.2) is 4.68 Å². The lowest BCUT2D eigenvalue weighted by molar-refractivity contribution is -0.136. The number of carboxylic acid groups (broad SMARTS) is 1. The summed E-state index contributed by atoms with van der Waals surface area (Å²) in [6, 6.07) is 7.34. The van der Waals surface area contributed by atoms with Gasteiger partial charge in [0, 0.05) is 24.2 Å². The normalized spacial score (nSPS) is 13.6. The third kappa shape index (κ3) is 4.31. The summed E-state index contributed by atoms with van der Waals surface area (Å²) >= 11 is 0. The highest BCUT2D eigenvalue weighted by atomic mass is 16.4. The molecule has 1 aromatic heterocycles. The number of rotatable bonds is 8. The monoisotopic (exact) mass is 355 g/mol. The van der Waals surface area contributed by atoms with Crippen molar-refractivity contribution in [3.8, 4) is 5.69 Å². The van der Waals surface area contributed by atoms with E-state index in [1.54, 1.807) is 16.8 Å². The molecule has 1 aromatic carbocycles. The second kappa shape index (κ2) is 7.72. The van der Waals surface area contributed by atoms with Crippen LogP contribution in [0.15, 0.2) is 24.3 Å². The number of hydrogen-bond donors (Lipinski definition) is 2. The van der Waals surface area contributed by atoms with Crippen molar-refractivity contribution in [1.82, 2.24) is 15.1 Å². The Hall–Kier alpha value is -2.63. The summed E-state index contributed by atoms with van der Waals surface area (Å²) in [5.74, 6) is -0.0552. The topological polar surface area (TPSA) is 84.2 Å². The first-order valence-electron chi connectivity index (χ1n) is 9.11. The lowest BCUT2D eigenvalue weighted by Gasteiger charge is -2.08. The minimum Gasteiger partial charge on any atom is -0.481 e. The van der Waals surface area contributed by atoms with Gasteiger partial charge >= 0.3 is 5.97 Å². The third-order valence-electron chi connectivity index (χ3n) is 4.94. The van der Waals surface area contributed by atoms with Crippen LogP contribution < -0.4 is 5.32 Å². The SMILES string of the molecule is Cc1nn(-c2ccc(C(=O)NCCC3CC3)cc2)c(C)c1CCC(=O)O. The molecule has 0 atom stereocenters. The summed E-state index contributed by atoms with van der Waals surface area (Å²) in [6.07, 6.45) is 4.21. The number of carboxylic acids is 1. The van der Waals surface area contributed by atoms with Gasteiger partial charge in [0.2, 0.25) is 0 Å². The van der Waals surface area contributed by atoms with Crippen LogP contribution in [0.1, 0.15) is 53.0 Å². The summed E-state index contributed by atoms with van der Waals surface area (Å²) in [5.41, 5.74) is 4.24. The minimum absolute atomic E-state index is 0.0484. The fraction of sp³-hybridized carbons (Fsp3) is 0.450. The van der Waals surface area contributed by atoms with Crippen molar-refractivity contribution >= 4 is 11.9 Å². The highest BCUT2D eigenvalue weighted by Crippen LogP contribution is 2.31. The van der Waals surface area contributed by atoms with E-state index in [1.165, 1.54) is 12.8 Å². The Morgan fingerprint density at radius 3 is 2.54 bits per heavy atom. The molecule has 3 rings (SSSR count). The average Bonchev–Trinajstić information content (AvgIpc) is 3.39. The zero-order chi connectivity index (χ0) is 18.7. The summed E-state index contributed by atoms with van der Waals surface area (Å²) < 4.78 is 1.81. The van der Waals surface area contributed by atoms with Crippen molar-refractivity contribution in [1.29, 1.82) is 0 Å². The second-order valence-electron chi connectivity index (χ2n) is 6.99. The highest BCUT2D eigenvalue weighted by Gasteiger charge is 2.20. The second-order valence-corrected chi connectivity index (χ2v) is 6.99. The molecule has 1 amide bonds. The molecule has 0 bridgehead atoms. The molecule has 26 heavy (non-hydrogen) atoms. The predicted octanol–water partition coefficient (Wildman–Crippen LogP) is 3.04. The summed E-state index contributed by atoms with van der Waals surface area (Å²) in [6.45, 7) is 4.56. The number of carbonyl (C=O) groups is 2. The number of carbonyl (C=O) groups excluding carboxylic acids is 1. The molecule has 0 saturated heterocycles. The largest absolute Gasteiger partial charge is 0.481 e. The molecule has 0 radical (unpaired) electrons. The van der Waals surface area contributed by atoms with Gasteiger partial charge in [-0.3, -0.25) is 9.59 Å². The van der Waals surface area contributed by atoms with Gasteiger partial charge in [-0.05, 0) is 62.4 Å². The summed E-state index contributed by atoms with van der Waals surface area (Å²) in [7, 11) is 0. The zero-order valence-corrected chi connectivity index (χ0v) is 15.3. The molecule has 6 nitrogen and oxygen atoms in total. The molecule has 2 N–H and O–H groups in total. The summed E-state index contributed by atoms with van der Waals surface area (Å²) in [5, 5.41) is 16.4. The van der Waals surface area contributed by atoms with Gasteiger partial charge in [-0.1, -0.05) is 12.8 Å². The number of aliphatic carboxylic acids is 1. The van der Waals surface area contributed by atoms with Crippen molar-refractivity contribution in [2.24, 2.45) is 5.92 Å². The van der Waals surface area contributed by atoms with E-state index in [0.717, 1.165) is 41.5 Å². The number of hydrogen-bond acceptors (Lipinski definition) is 3. The minimum atomic E-state index is -0.811. The molecule has 138 valence electrons. The highest BCUT2D eigenvalue weighted by molar-refractivity contribution is 5.94. The van der Waals surface area contributed by atoms with Crippen LogP contribution in [0.4, 0.5) is 0 Å². The van der Waals surface area contributed by atoms with Crippen LogP contribution >= 0.6 is 0 Å². The van der Waals surface area contributed by atoms with Gasteiger partial charge in [0.25, 0.3) is 5.91 Å². The number of nitrogens with zero attached hydrogens (tertiary/aromatic N) is 2. The molecule has 0 aliphatic heterocycles. The van der Waals surface area contributed by atoms with Crippen LogP contribution in [-0.2, 0) is 11.2 Å². The van der Waals surface area contributed by atoms with Gasteiger partial charge in [0.05, 0.1) is 11.4 Å². The van der Waals surface area contributed by atoms with E-state index < -0.39 is 5.97 Å². The third-order valence-corrected chi connectivity index (χ3v) is 4.94. The number of amides is 1. The van der Waals surface area contributed by atoms with Gasteiger partial charge < -0.3 is 10.4 Å². The van der Waals surface area contributed by atoms with Gasteiger partial charge in [0.1, 0.15) is 0 Å². The molecular formula is C20H25N3O3. The first kappa shape index (κ1) is 18.2. The van der Waals surface area contributed by atoms with Gasteiger partial charge in [0.15, 0.2) is 0 Å². The van der Waals surface area contributed by atoms with Crippen molar-refractivity contribution < 1.29 is 14.7 Å². The van der Waals surface area contributed by atoms with E-state index >= 15 is 0 Å². The van der Waals surface area contributed by atoms with E-state index in [-0.39, 0.29) is 12.3 Å². The Morgan fingerprint density at radius 2 is 1.92 bits per heavy atom. The van der Waals surface area contributed by atoms with Crippen LogP contribution in [0.25, 0.3) is 5.69 Å². The van der Waals surface area contributed by atoms with Crippen molar-refractivity contribution in [3.05, 3.63) is 46.8 Å². The van der Waals surface area contributed by atoms with E-state index in [1.807, 2.05) is 26.0 Å². The number of aryl methyl sites for hydroxylation is 1. The predicted molar refractivity (Wildman–Crippen MR) is 98.7 cm³/mol. The molecule has 0 unspecified atom stereocenters. The molecule has 1 aliphatic carbocycles. The van der Waals surface area contributed by atoms with Crippen LogP contribution in [0.3, 0.4) is 0 Å². The molecular weight excluding hydrogens is 330 g/mol. The average molecular weight is 355 g/mol. The maximum absolute atomic E-state index is 12.2.